The number of aliphatic hydroxyl groups is 1. The highest BCUT2D eigenvalue weighted by Crippen LogP contribution is 2.22. The maximum atomic E-state index is 9.09. The Morgan fingerprint density at radius 3 is 2.80 bits per heavy atom. The van der Waals surface area contributed by atoms with Gasteiger partial charge in [0.05, 0.1) is 12.3 Å². The van der Waals surface area contributed by atoms with Gasteiger partial charge in [0.15, 0.2) is 11.0 Å². The summed E-state index contributed by atoms with van der Waals surface area (Å²) in [6.07, 6.45) is 1.69. The molecule has 0 bridgehead atoms. The normalized spacial score (nSPS) is 10.6. The minimum absolute atomic E-state index is 0.130. The first-order valence-corrected chi connectivity index (χ1v) is 4.85. The van der Waals surface area contributed by atoms with Crippen molar-refractivity contribution in [3.63, 3.8) is 0 Å². The molecule has 2 aromatic rings. The molecule has 0 radical (unpaired) electrons. The number of pyridine rings is 1. The van der Waals surface area contributed by atoms with Gasteiger partial charge in [0.1, 0.15) is 5.69 Å². The fraction of sp³-hybridized carbons (Fsp3) is 0.200. The van der Waals surface area contributed by atoms with Crippen LogP contribution in [0.3, 0.4) is 0 Å². The van der Waals surface area contributed by atoms with Gasteiger partial charge in [-0.25, -0.2) is 4.98 Å². The van der Waals surface area contributed by atoms with Crippen LogP contribution in [-0.4, -0.2) is 19.6 Å². The van der Waals surface area contributed by atoms with Crippen molar-refractivity contribution >= 4 is 11.6 Å². The van der Waals surface area contributed by atoms with Gasteiger partial charge in [0, 0.05) is 13.2 Å². The molecule has 0 saturated heterocycles. The van der Waals surface area contributed by atoms with Crippen molar-refractivity contribution in [3.05, 3.63) is 35.2 Å². The van der Waals surface area contributed by atoms with Crippen LogP contribution in [0.25, 0.3) is 11.5 Å². The van der Waals surface area contributed by atoms with E-state index in [0.717, 1.165) is 5.69 Å². The largest absolute Gasteiger partial charge is 0.390 e. The molecule has 0 unspecified atom stereocenters. The lowest BCUT2D eigenvalue weighted by Crippen LogP contribution is -1.99. The van der Waals surface area contributed by atoms with E-state index in [4.69, 9.17) is 16.7 Å². The molecule has 0 aliphatic heterocycles. The van der Waals surface area contributed by atoms with Crippen molar-refractivity contribution < 1.29 is 5.11 Å². The molecule has 4 nitrogen and oxygen atoms in total. The Hall–Kier alpha value is -1.39. The molecule has 78 valence electrons. The quantitative estimate of drug-likeness (QED) is 0.842. The van der Waals surface area contributed by atoms with Crippen LogP contribution in [0.15, 0.2) is 24.4 Å². The molecule has 0 atom stereocenters. The zero-order chi connectivity index (χ0) is 10.8. The number of halogens is 1. The molecule has 2 rings (SSSR count). The summed E-state index contributed by atoms with van der Waals surface area (Å²) in [6, 6.07) is 5.56. The smallest absolute Gasteiger partial charge is 0.160 e. The van der Waals surface area contributed by atoms with Gasteiger partial charge < -0.3 is 9.67 Å². The Morgan fingerprint density at radius 2 is 2.27 bits per heavy atom. The zero-order valence-corrected chi connectivity index (χ0v) is 8.94. The summed E-state index contributed by atoms with van der Waals surface area (Å²) in [6.45, 7) is -0.130. The van der Waals surface area contributed by atoms with Gasteiger partial charge in [-0.1, -0.05) is 17.7 Å². The molecule has 5 heteroatoms. The number of imidazole rings is 1. The monoisotopic (exact) mass is 223 g/mol. The van der Waals surface area contributed by atoms with Crippen LogP contribution in [0.5, 0.6) is 0 Å². The Balaban J connectivity index is 2.55. The highest BCUT2D eigenvalue weighted by molar-refractivity contribution is 6.30. The number of hydrogen-bond acceptors (Lipinski definition) is 3. The molecular formula is C10H10ClN3O. The van der Waals surface area contributed by atoms with Crippen molar-refractivity contribution in [1.29, 1.82) is 0 Å². The van der Waals surface area contributed by atoms with Gasteiger partial charge in [-0.2, -0.15) is 0 Å². The molecule has 2 heterocycles. The highest BCUT2D eigenvalue weighted by atomic mass is 35.5. The molecule has 0 aliphatic rings. The van der Waals surface area contributed by atoms with Gasteiger partial charge in [-0.15, -0.1) is 0 Å². The molecule has 0 spiro atoms. The van der Waals surface area contributed by atoms with E-state index < -0.39 is 0 Å². The van der Waals surface area contributed by atoms with Gasteiger partial charge in [0.25, 0.3) is 0 Å². The summed E-state index contributed by atoms with van der Waals surface area (Å²) in [5, 5.41) is 9.41. The van der Waals surface area contributed by atoms with E-state index in [-0.39, 0.29) is 6.61 Å². The van der Waals surface area contributed by atoms with Crippen LogP contribution >= 0.6 is 11.6 Å². The van der Waals surface area contributed by atoms with Gasteiger partial charge in [-0.05, 0) is 12.1 Å². The molecule has 2 aromatic heterocycles. The van der Waals surface area contributed by atoms with E-state index in [1.807, 2.05) is 18.2 Å². The summed E-state index contributed by atoms with van der Waals surface area (Å²) in [7, 11) is 1.80. The first kappa shape index (κ1) is 10.1. The van der Waals surface area contributed by atoms with E-state index in [1.54, 1.807) is 17.8 Å². The lowest BCUT2D eigenvalue weighted by Gasteiger charge is -2.02. The second kappa shape index (κ2) is 4.00. The van der Waals surface area contributed by atoms with Gasteiger partial charge in [-0.3, -0.25) is 4.98 Å². The molecule has 0 fully saturated rings. The number of rotatable bonds is 2. The van der Waals surface area contributed by atoms with Crippen LogP contribution < -0.4 is 0 Å². The molecule has 0 aliphatic carbocycles. The third-order valence-corrected chi connectivity index (χ3v) is 2.51. The second-order valence-corrected chi connectivity index (χ2v) is 3.46. The minimum Gasteiger partial charge on any atom is -0.390 e. The molecular weight excluding hydrogens is 214 g/mol. The third kappa shape index (κ3) is 1.73. The Bertz CT molecular complexity index is 467. The highest BCUT2D eigenvalue weighted by Gasteiger charge is 2.13. The maximum absolute atomic E-state index is 9.09. The van der Waals surface area contributed by atoms with Crippen LogP contribution in [0.2, 0.25) is 5.15 Å². The van der Waals surface area contributed by atoms with Gasteiger partial charge >= 0.3 is 0 Å². The predicted octanol–water partition coefficient (Wildman–Crippen LogP) is 1.63. The number of nitrogens with zero attached hydrogens (tertiary/aromatic N) is 3. The number of hydrogen-bond donors (Lipinski definition) is 1. The average Bonchev–Trinajstić information content (AvgIpc) is 2.55. The summed E-state index contributed by atoms with van der Waals surface area (Å²) < 4.78 is 1.74. The number of aliphatic hydroxyl groups excluding tert-OH is 1. The van der Waals surface area contributed by atoms with E-state index in [2.05, 4.69) is 9.97 Å². The van der Waals surface area contributed by atoms with Crippen LogP contribution in [-0.2, 0) is 13.7 Å². The first-order valence-electron chi connectivity index (χ1n) is 4.47. The third-order valence-electron chi connectivity index (χ3n) is 2.21. The van der Waals surface area contributed by atoms with Crippen molar-refractivity contribution in [2.45, 2.75) is 6.61 Å². The van der Waals surface area contributed by atoms with Crippen molar-refractivity contribution in [2.75, 3.05) is 0 Å². The number of aromatic nitrogens is 3. The van der Waals surface area contributed by atoms with Crippen LogP contribution in [0.4, 0.5) is 0 Å². The average molecular weight is 224 g/mol. The SMILES string of the molecule is Cn1c(-c2ccccn2)nc(Cl)c1CO. The zero-order valence-electron chi connectivity index (χ0n) is 8.18. The minimum atomic E-state index is -0.130. The molecule has 0 aromatic carbocycles. The van der Waals surface area contributed by atoms with E-state index >= 15 is 0 Å². The van der Waals surface area contributed by atoms with Crippen LogP contribution in [0.1, 0.15) is 5.69 Å². The molecule has 0 saturated carbocycles. The van der Waals surface area contributed by atoms with Gasteiger partial charge in [0.2, 0.25) is 0 Å². The topological polar surface area (TPSA) is 50.9 Å². The lowest BCUT2D eigenvalue weighted by molar-refractivity contribution is 0.273. The second-order valence-electron chi connectivity index (χ2n) is 3.11. The summed E-state index contributed by atoms with van der Waals surface area (Å²) in [5.41, 5.74) is 1.33. The van der Waals surface area contributed by atoms with Crippen molar-refractivity contribution in [2.24, 2.45) is 7.05 Å². The van der Waals surface area contributed by atoms with Crippen LogP contribution in [0, 0.1) is 0 Å². The molecule has 0 amide bonds. The van der Waals surface area contributed by atoms with E-state index in [9.17, 15) is 0 Å². The summed E-state index contributed by atoms with van der Waals surface area (Å²) in [4.78, 5) is 8.33. The molecule has 15 heavy (non-hydrogen) atoms. The Morgan fingerprint density at radius 1 is 1.47 bits per heavy atom. The van der Waals surface area contributed by atoms with E-state index in [1.165, 1.54) is 0 Å². The first-order chi connectivity index (χ1) is 7.24. The summed E-state index contributed by atoms with van der Waals surface area (Å²) in [5.74, 6) is 0.657. The Labute approximate surface area is 92.2 Å². The van der Waals surface area contributed by atoms with Crippen molar-refractivity contribution in [3.8, 4) is 11.5 Å². The maximum Gasteiger partial charge on any atom is 0.160 e. The molecule has 1 N–H and O–H groups in total. The Kier molecular flexibility index (Phi) is 2.70. The van der Waals surface area contributed by atoms with Crippen molar-refractivity contribution in [1.82, 2.24) is 14.5 Å². The summed E-state index contributed by atoms with van der Waals surface area (Å²) >= 11 is 5.88. The van der Waals surface area contributed by atoms with E-state index in [0.29, 0.717) is 16.7 Å². The lowest BCUT2D eigenvalue weighted by atomic mass is 10.3. The fourth-order valence-electron chi connectivity index (χ4n) is 1.39. The predicted molar refractivity (Wildman–Crippen MR) is 57.4 cm³/mol. The fourth-order valence-corrected chi connectivity index (χ4v) is 1.66. The standard InChI is InChI=1S/C10H10ClN3O/c1-14-8(6-15)9(11)13-10(14)7-4-2-3-5-12-7/h2-5,15H,6H2,1H3.